The van der Waals surface area contributed by atoms with E-state index in [1.54, 1.807) is 30.3 Å². The first-order chi connectivity index (χ1) is 17.3. The number of azo groups is 1. The molecule has 0 spiro atoms. The van der Waals surface area contributed by atoms with Crippen LogP contribution >= 0.6 is 0 Å². The molecule has 1 aromatic rings. The van der Waals surface area contributed by atoms with E-state index in [1.807, 2.05) is 0 Å². The van der Waals surface area contributed by atoms with Crippen LogP contribution in [-0.4, -0.2) is 61.6 Å². The van der Waals surface area contributed by atoms with Crippen LogP contribution in [0.4, 0.5) is 0 Å². The van der Waals surface area contributed by atoms with E-state index in [0.29, 0.717) is 5.56 Å². The molecule has 0 aromatic heterocycles. The zero-order valence-corrected chi connectivity index (χ0v) is 24.5. The summed E-state index contributed by atoms with van der Waals surface area (Å²) >= 11 is 0. The summed E-state index contributed by atoms with van der Waals surface area (Å²) in [6.07, 6.45) is 6.91. The smallest absolute Gasteiger partial charge is 0.269 e. The second-order valence-electron chi connectivity index (χ2n) is 11.3. The van der Waals surface area contributed by atoms with Crippen LogP contribution in [0.15, 0.2) is 40.6 Å². The average Bonchev–Trinajstić information content (AvgIpc) is 3.52. The van der Waals surface area contributed by atoms with E-state index >= 15 is 0 Å². The number of nitrogens with zero attached hydrogens (tertiary/aromatic N) is 2. The Morgan fingerprint density at radius 3 is 1.49 bits per heavy atom. The summed E-state index contributed by atoms with van der Waals surface area (Å²) < 4.78 is 29.2. The molecule has 0 unspecified atom stereocenters. The van der Waals surface area contributed by atoms with E-state index in [0.717, 1.165) is 39.0 Å². The first-order valence-corrected chi connectivity index (χ1v) is 15.4. The highest BCUT2D eigenvalue weighted by Gasteiger charge is 2.50. The van der Waals surface area contributed by atoms with Crippen LogP contribution in [0.5, 0.6) is 0 Å². The van der Waals surface area contributed by atoms with E-state index < -0.39 is 10.1 Å². The lowest BCUT2D eigenvalue weighted by molar-refractivity contribution is 0.143. The van der Waals surface area contributed by atoms with Crippen LogP contribution in [0.1, 0.15) is 85.6 Å². The van der Waals surface area contributed by atoms with Gasteiger partial charge in [-0.3, -0.25) is 25.8 Å². The molecule has 10 heteroatoms. The quantitative estimate of drug-likeness (QED) is 0.199. The summed E-state index contributed by atoms with van der Waals surface area (Å²) in [6, 6.07) is 8.52. The van der Waals surface area contributed by atoms with Crippen LogP contribution < -0.4 is 21.3 Å². The summed E-state index contributed by atoms with van der Waals surface area (Å²) in [6.45, 7) is 17.3. The minimum Gasteiger partial charge on any atom is -0.296 e. The number of hydrogen-bond donors (Lipinski definition) is 5. The van der Waals surface area contributed by atoms with Gasteiger partial charge in [-0.25, -0.2) is 0 Å². The van der Waals surface area contributed by atoms with Crippen LogP contribution in [0, 0.1) is 0 Å². The largest absolute Gasteiger partial charge is 0.296 e. The van der Waals surface area contributed by atoms with Gasteiger partial charge >= 0.3 is 0 Å². The average molecular weight is 539 g/mol. The molecule has 2 aliphatic rings. The highest BCUT2D eigenvalue weighted by molar-refractivity contribution is 7.85. The number of hydrogen-bond acceptors (Lipinski definition) is 8. The Balaban J connectivity index is 0.000000364. The van der Waals surface area contributed by atoms with Crippen molar-refractivity contribution in [3.8, 4) is 0 Å². The molecule has 9 nitrogen and oxygen atoms in total. The van der Waals surface area contributed by atoms with Crippen molar-refractivity contribution in [1.82, 2.24) is 21.3 Å². The van der Waals surface area contributed by atoms with E-state index in [4.69, 9.17) is 14.8 Å². The molecule has 0 atom stereocenters. The number of nitrogens with one attached hydrogen (secondary N) is 4. The van der Waals surface area contributed by atoms with Crippen molar-refractivity contribution in [2.24, 2.45) is 10.2 Å². The summed E-state index contributed by atoms with van der Waals surface area (Å²) in [7, 11) is -3.88. The first-order valence-electron chi connectivity index (χ1n) is 13.8. The Kier molecular flexibility index (Phi) is 11.7. The molecule has 0 bridgehead atoms. The monoisotopic (exact) mass is 538 g/mol. The van der Waals surface area contributed by atoms with Gasteiger partial charge in [0.25, 0.3) is 10.1 Å². The molecule has 1 aromatic carbocycles. The fourth-order valence-corrected chi connectivity index (χ4v) is 5.76. The van der Waals surface area contributed by atoms with Gasteiger partial charge in [0.05, 0.1) is 11.3 Å². The Hall–Kier alpha value is -1.43. The summed E-state index contributed by atoms with van der Waals surface area (Å²) in [5, 5.41) is 24.7. The van der Waals surface area contributed by atoms with Gasteiger partial charge in [-0.15, -0.1) is 0 Å². The lowest BCUT2D eigenvalue weighted by atomic mass is 9.83. The van der Waals surface area contributed by atoms with E-state index in [1.165, 1.54) is 25.7 Å². The summed E-state index contributed by atoms with van der Waals surface area (Å²) in [4.78, 5) is 0. The Morgan fingerprint density at radius 2 is 1.16 bits per heavy atom. The Bertz CT molecular complexity index is 896. The molecule has 2 saturated heterocycles. The normalized spacial score (nSPS) is 19.6. The number of rotatable bonds is 12. The van der Waals surface area contributed by atoms with Crippen molar-refractivity contribution in [3.05, 3.63) is 35.9 Å². The van der Waals surface area contributed by atoms with Crippen molar-refractivity contribution in [1.29, 1.82) is 0 Å². The Labute approximate surface area is 224 Å². The van der Waals surface area contributed by atoms with Gasteiger partial charge in [0, 0.05) is 26.2 Å². The van der Waals surface area contributed by atoms with Gasteiger partial charge in [0.15, 0.2) is 0 Å². The van der Waals surface area contributed by atoms with Gasteiger partial charge in [-0.2, -0.15) is 18.6 Å². The van der Waals surface area contributed by atoms with Gasteiger partial charge in [-0.1, -0.05) is 69.9 Å². The van der Waals surface area contributed by atoms with E-state index in [9.17, 15) is 8.42 Å². The van der Waals surface area contributed by atoms with Gasteiger partial charge in [-0.05, 0) is 46.1 Å². The molecule has 212 valence electrons. The van der Waals surface area contributed by atoms with Crippen molar-refractivity contribution in [2.45, 2.75) is 108 Å². The van der Waals surface area contributed by atoms with Crippen LogP contribution in [-0.2, 0) is 15.9 Å². The third-order valence-electron chi connectivity index (χ3n) is 7.60. The molecule has 2 heterocycles. The highest BCUT2D eigenvalue weighted by atomic mass is 32.2. The van der Waals surface area contributed by atoms with Crippen LogP contribution in [0.2, 0.25) is 0 Å². The molecule has 3 rings (SSSR count). The molecule has 0 amide bonds. The van der Waals surface area contributed by atoms with Gasteiger partial charge in [0.2, 0.25) is 0 Å². The highest BCUT2D eigenvalue weighted by Crippen LogP contribution is 2.35. The molecule has 0 saturated carbocycles. The first kappa shape index (κ1) is 31.8. The molecule has 2 fully saturated rings. The topological polar surface area (TPSA) is 127 Å². The molecular formula is C27H50N6O3S. The maximum absolute atomic E-state index is 10.4. The van der Waals surface area contributed by atoms with Crippen molar-refractivity contribution >= 4 is 10.1 Å². The third-order valence-corrected chi connectivity index (χ3v) is 8.30. The zero-order valence-electron chi connectivity index (χ0n) is 23.7. The summed E-state index contributed by atoms with van der Waals surface area (Å²) in [5.74, 6) is -0.312. The van der Waals surface area contributed by atoms with Gasteiger partial charge in [0.1, 0.15) is 16.8 Å². The van der Waals surface area contributed by atoms with Crippen LogP contribution in [0.3, 0.4) is 0 Å². The Morgan fingerprint density at radius 1 is 0.784 bits per heavy atom. The zero-order chi connectivity index (χ0) is 27.6. The fraction of sp³-hybridized carbons (Fsp3) is 0.778. The predicted molar refractivity (Wildman–Crippen MR) is 151 cm³/mol. The number of unbranched alkanes of at least 4 members (excludes halogenated alkanes) is 2. The lowest BCUT2D eigenvalue weighted by Crippen LogP contribution is -2.64. The van der Waals surface area contributed by atoms with Gasteiger partial charge < -0.3 is 0 Å². The molecule has 2 aliphatic heterocycles. The molecule has 37 heavy (non-hydrogen) atoms. The maximum Gasteiger partial charge on any atom is 0.269 e. The molecule has 0 radical (unpaired) electrons. The fourth-order valence-electron chi connectivity index (χ4n) is 5.15. The van der Waals surface area contributed by atoms with Crippen molar-refractivity contribution in [3.63, 3.8) is 0 Å². The van der Waals surface area contributed by atoms with Crippen molar-refractivity contribution < 1.29 is 13.0 Å². The van der Waals surface area contributed by atoms with E-state index in [-0.39, 0.29) is 28.2 Å². The van der Waals surface area contributed by atoms with Crippen molar-refractivity contribution in [2.75, 3.05) is 26.2 Å². The van der Waals surface area contributed by atoms with E-state index in [2.05, 4.69) is 62.8 Å². The number of benzene rings is 1. The second kappa shape index (κ2) is 13.6. The minimum atomic E-state index is -3.88. The maximum atomic E-state index is 10.4. The second-order valence-corrected chi connectivity index (χ2v) is 12.7. The standard InChI is InChI=1S/C20H42N6.C7H8O3S/c1-7-9-11-19(21-13-14-22-19)17(3,4)25-26-18(5,6)20(12-10-8-2)23-15-16-24-20;8-11(9,10)6-7-4-2-1-3-5-7/h21-24H,7-16H2,1-6H3;1-5H,6H2,(H,8,9,10). The SMILES string of the molecule is CCCCC1(C(C)(C)N=NC(C)(C)C2(CCCC)NCCN2)NCCN1.O=S(=O)(O)Cc1ccccc1. The minimum absolute atomic E-state index is 0.157. The predicted octanol–water partition coefficient (Wildman–Crippen LogP) is 4.23. The lowest BCUT2D eigenvalue weighted by Gasteiger charge is -2.44. The third kappa shape index (κ3) is 8.80. The molecule has 5 N–H and O–H groups in total. The van der Waals surface area contributed by atoms with Crippen LogP contribution in [0.25, 0.3) is 0 Å². The molecular weight excluding hydrogens is 488 g/mol. The molecule has 0 aliphatic carbocycles. The summed E-state index contributed by atoms with van der Waals surface area (Å²) in [5.41, 5.74) is -0.332.